The first-order valence-electron chi connectivity index (χ1n) is 8.12. The molecule has 1 saturated heterocycles. The van der Waals surface area contributed by atoms with Gasteiger partial charge in [-0.15, -0.1) is 0 Å². The Hall–Kier alpha value is -1.20. The number of ether oxygens (including phenoxy) is 2. The number of hydrogen-bond acceptors (Lipinski definition) is 5. The Morgan fingerprint density at radius 3 is 3.05 bits per heavy atom. The molecule has 1 unspecified atom stereocenters. The lowest BCUT2D eigenvalue weighted by Crippen LogP contribution is -2.17. The highest BCUT2D eigenvalue weighted by Crippen LogP contribution is 2.25. The molecule has 5 heteroatoms. The molecule has 21 heavy (non-hydrogen) atoms. The van der Waals surface area contributed by atoms with Crippen molar-refractivity contribution >= 4 is 5.82 Å². The molecule has 0 spiro atoms. The van der Waals surface area contributed by atoms with Crippen molar-refractivity contribution < 1.29 is 9.47 Å². The highest BCUT2D eigenvalue weighted by Gasteiger charge is 2.17. The molecular formula is C16H25N3O2. The Morgan fingerprint density at radius 1 is 1.29 bits per heavy atom. The first-order valence-corrected chi connectivity index (χ1v) is 8.12. The Balaban J connectivity index is 1.47. The second-order valence-electron chi connectivity index (χ2n) is 5.89. The molecule has 2 aliphatic rings. The third-order valence-corrected chi connectivity index (χ3v) is 4.15. The van der Waals surface area contributed by atoms with E-state index in [0.29, 0.717) is 6.10 Å². The lowest BCUT2D eigenvalue weighted by Gasteiger charge is -2.19. The van der Waals surface area contributed by atoms with E-state index < -0.39 is 0 Å². The average molecular weight is 291 g/mol. The van der Waals surface area contributed by atoms with Gasteiger partial charge in [-0.05, 0) is 45.4 Å². The van der Waals surface area contributed by atoms with Crippen LogP contribution in [0.5, 0.6) is 0 Å². The van der Waals surface area contributed by atoms with Crippen LogP contribution in [-0.4, -0.2) is 42.4 Å². The lowest BCUT2D eigenvalue weighted by atomic mass is 9.96. The fourth-order valence-electron chi connectivity index (χ4n) is 3.04. The fourth-order valence-corrected chi connectivity index (χ4v) is 3.04. The van der Waals surface area contributed by atoms with Gasteiger partial charge >= 0.3 is 0 Å². The summed E-state index contributed by atoms with van der Waals surface area (Å²) in [4.78, 5) is 9.16. The Labute approximate surface area is 126 Å². The SMILES string of the molecule is Cc1nc2c(c(NCCCOC3CCOC3)n1)CCCC2. The maximum absolute atomic E-state index is 5.78. The maximum Gasteiger partial charge on any atom is 0.133 e. The van der Waals surface area contributed by atoms with Crippen molar-refractivity contribution in [1.82, 2.24) is 9.97 Å². The monoisotopic (exact) mass is 291 g/mol. The summed E-state index contributed by atoms with van der Waals surface area (Å²) >= 11 is 0. The van der Waals surface area contributed by atoms with Gasteiger partial charge in [0.15, 0.2) is 0 Å². The molecule has 0 amide bonds. The van der Waals surface area contributed by atoms with Crippen molar-refractivity contribution in [3.63, 3.8) is 0 Å². The van der Waals surface area contributed by atoms with Crippen LogP contribution in [0.3, 0.4) is 0 Å². The van der Waals surface area contributed by atoms with Gasteiger partial charge in [-0.1, -0.05) is 0 Å². The third kappa shape index (κ3) is 3.92. The van der Waals surface area contributed by atoms with E-state index >= 15 is 0 Å². The van der Waals surface area contributed by atoms with Crippen molar-refractivity contribution in [2.45, 2.75) is 51.6 Å². The van der Waals surface area contributed by atoms with Crippen LogP contribution in [0.1, 0.15) is 42.8 Å². The first kappa shape index (κ1) is 14.7. The van der Waals surface area contributed by atoms with Crippen LogP contribution in [-0.2, 0) is 22.3 Å². The summed E-state index contributed by atoms with van der Waals surface area (Å²) in [5.74, 6) is 1.92. The van der Waals surface area contributed by atoms with Gasteiger partial charge in [0, 0.05) is 31.0 Å². The topological polar surface area (TPSA) is 56.3 Å². The highest BCUT2D eigenvalue weighted by atomic mass is 16.5. The minimum Gasteiger partial charge on any atom is -0.379 e. The molecule has 1 aliphatic carbocycles. The standard InChI is InChI=1S/C16H25N3O2/c1-12-18-15-6-3-2-5-14(15)16(19-12)17-8-4-9-21-13-7-10-20-11-13/h13H,2-11H2,1H3,(H,17,18,19). The molecule has 1 fully saturated rings. The van der Waals surface area contributed by atoms with E-state index in [1.54, 1.807) is 0 Å². The summed E-state index contributed by atoms with van der Waals surface area (Å²) in [6.07, 6.45) is 7.03. The van der Waals surface area contributed by atoms with Gasteiger partial charge in [0.2, 0.25) is 0 Å². The van der Waals surface area contributed by atoms with E-state index in [1.807, 2.05) is 6.92 Å². The molecule has 5 nitrogen and oxygen atoms in total. The summed E-state index contributed by atoms with van der Waals surface area (Å²) in [6.45, 7) is 5.26. The molecule has 0 saturated carbocycles. The number of nitrogens with one attached hydrogen (secondary N) is 1. The Bertz CT molecular complexity index is 473. The number of anilines is 1. The average Bonchev–Trinajstić information content (AvgIpc) is 3.00. The van der Waals surface area contributed by atoms with Gasteiger partial charge in [-0.3, -0.25) is 0 Å². The molecule has 0 bridgehead atoms. The molecule has 1 atom stereocenters. The number of rotatable bonds is 6. The number of nitrogens with zero attached hydrogens (tertiary/aromatic N) is 2. The number of fused-ring (bicyclic) bond motifs is 1. The highest BCUT2D eigenvalue weighted by molar-refractivity contribution is 5.47. The van der Waals surface area contributed by atoms with Crippen molar-refractivity contribution in [3.05, 3.63) is 17.1 Å². The Kier molecular flexibility index (Phi) is 5.04. The van der Waals surface area contributed by atoms with Crippen LogP contribution in [0.25, 0.3) is 0 Å². The minimum absolute atomic E-state index is 0.305. The molecule has 0 radical (unpaired) electrons. The lowest BCUT2D eigenvalue weighted by molar-refractivity contribution is 0.0427. The molecule has 3 rings (SSSR count). The van der Waals surface area contributed by atoms with Gasteiger partial charge in [0.05, 0.1) is 12.7 Å². The van der Waals surface area contributed by atoms with Gasteiger partial charge in [0.25, 0.3) is 0 Å². The quantitative estimate of drug-likeness (QED) is 0.815. The van der Waals surface area contributed by atoms with Gasteiger partial charge in [-0.25, -0.2) is 9.97 Å². The summed E-state index contributed by atoms with van der Waals surface area (Å²) < 4.78 is 11.1. The zero-order valence-corrected chi connectivity index (χ0v) is 12.9. The number of aromatic nitrogens is 2. The molecule has 2 heterocycles. The fraction of sp³-hybridized carbons (Fsp3) is 0.750. The predicted molar refractivity (Wildman–Crippen MR) is 81.7 cm³/mol. The molecule has 1 aromatic rings. The van der Waals surface area contributed by atoms with Crippen LogP contribution in [0.4, 0.5) is 5.82 Å². The van der Waals surface area contributed by atoms with Crippen molar-refractivity contribution in [3.8, 4) is 0 Å². The molecule has 1 N–H and O–H groups in total. The zero-order valence-electron chi connectivity index (χ0n) is 12.9. The zero-order chi connectivity index (χ0) is 14.5. The van der Waals surface area contributed by atoms with Gasteiger partial charge < -0.3 is 14.8 Å². The van der Waals surface area contributed by atoms with E-state index in [0.717, 1.165) is 63.7 Å². The van der Waals surface area contributed by atoms with E-state index in [2.05, 4.69) is 15.3 Å². The smallest absolute Gasteiger partial charge is 0.133 e. The van der Waals surface area contributed by atoms with Gasteiger partial charge in [-0.2, -0.15) is 0 Å². The minimum atomic E-state index is 0.305. The van der Waals surface area contributed by atoms with Crippen LogP contribution >= 0.6 is 0 Å². The normalized spacial score (nSPS) is 21.3. The largest absolute Gasteiger partial charge is 0.379 e. The summed E-state index contributed by atoms with van der Waals surface area (Å²) in [6, 6.07) is 0. The molecule has 1 aliphatic heterocycles. The van der Waals surface area contributed by atoms with E-state index in [4.69, 9.17) is 9.47 Å². The third-order valence-electron chi connectivity index (χ3n) is 4.15. The molecule has 116 valence electrons. The maximum atomic E-state index is 5.78. The second kappa shape index (κ2) is 7.18. The number of hydrogen-bond donors (Lipinski definition) is 1. The van der Waals surface area contributed by atoms with E-state index in [-0.39, 0.29) is 0 Å². The van der Waals surface area contributed by atoms with Crippen molar-refractivity contribution in [2.75, 3.05) is 31.7 Å². The summed E-state index contributed by atoms with van der Waals surface area (Å²) in [7, 11) is 0. The number of aryl methyl sites for hydroxylation is 2. The summed E-state index contributed by atoms with van der Waals surface area (Å²) in [5, 5.41) is 3.48. The van der Waals surface area contributed by atoms with E-state index in [9.17, 15) is 0 Å². The predicted octanol–water partition coefficient (Wildman–Crippen LogP) is 2.27. The molecular weight excluding hydrogens is 266 g/mol. The molecule has 1 aromatic heterocycles. The van der Waals surface area contributed by atoms with Crippen molar-refractivity contribution in [1.29, 1.82) is 0 Å². The van der Waals surface area contributed by atoms with Crippen LogP contribution in [0.15, 0.2) is 0 Å². The van der Waals surface area contributed by atoms with Crippen LogP contribution in [0, 0.1) is 6.92 Å². The first-order chi connectivity index (χ1) is 10.3. The van der Waals surface area contributed by atoms with E-state index in [1.165, 1.54) is 24.1 Å². The van der Waals surface area contributed by atoms with Crippen molar-refractivity contribution in [2.24, 2.45) is 0 Å². The molecule has 0 aromatic carbocycles. The van der Waals surface area contributed by atoms with Crippen LogP contribution < -0.4 is 5.32 Å². The van der Waals surface area contributed by atoms with Gasteiger partial charge in [0.1, 0.15) is 11.6 Å². The Morgan fingerprint density at radius 2 is 2.19 bits per heavy atom. The van der Waals surface area contributed by atoms with Crippen LogP contribution in [0.2, 0.25) is 0 Å². The summed E-state index contributed by atoms with van der Waals surface area (Å²) in [5.41, 5.74) is 2.58. The second-order valence-corrected chi connectivity index (χ2v) is 5.89.